The van der Waals surface area contributed by atoms with E-state index in [1.165, 1.54) is 6.42 Å². The van der Waals surface area contributed by atoms with E-state index in [1.54, 1.807) is 7.11 Å². The number of carbonyl (C=O) groups is 1. The molecule has 0 spiro atoms. The molecule has 0 aromatic rings. The largest absolute Gasteiger partial charge is 0.383 e. The molecular formula is C12H24N2O2S. The van der Waals surface area contributed by atoms with Crippen molar-refractivity contribution in [1.29, 1.82) is 0 Å². The van der Waals surface area contributed by atoms with Crippen molar-refractivity contribution in [2.24, 2.45) is 5.73 Å². The summed E-state index contributed by atoms with van der Waals surface area (Å²) < 4.78 is 4.92. The van der Waals surface area contributed by atoms with Gasteiger partial charge in [-0.1, -0.05) is 6.92 Å². The SMILES string of the molecule is CCSC1CCC(N(C)C(=O)C(N)COC)C1. The maximum absolute atomic E-state index is 12.0. The monoisotopic (exact) mass is 260 g/mol. The smallest absolute Gasteiger partial charge is 0.241 e. The van der Waals surface area contributed by atoms with Crippen LogP contribution in [0.3, 0.4) is 0 Å². The van der Waals surface area contributed by atoms with E-state index >= 15 is 0 Å². The number of methoxy groups -OCH3 is 1. The van der Waals surface area contributed by atoms with Crippen LogP contribution in [0.1, 0.15) is 26.2 Å². The molecule has 3 unspecified atom stereocenters. The second-order valence-corrected chi connectivity index (χ2v) is 6.13. The van der Waals surface area contributed by atoms with E-state index in [2.05, 4.69) is 6.92 Å². The zero-order chi connectivity index (χ0) is 12.8. The second-order valence-electron chi connectivity index (χ2n) is 4.56. The molecule has 100 valence electrons. The third kappa shape index (κ3) is 4.16. The van der Waals surface area contributed by atoms with E-state index in [1.807, 2.05) is 23.7 Å². The fourth-order valence-corrected chi connectivity index (χ4v) is 3.48. The van der Waals surface area contributed by atoms with Crippen LogP contribution in [0, 0.1) is 0 Å². The quantitative estimate of drug-likeness (QED) is 0.777. The third-order valence-corrected chi connectivity index (χ3v) is 4.55. The van der Waals surface area contributed by atoms with E-state index in [-0.39, 0.29) is 5.91 Å². The molecule has 3 atom stereocenters. The van der Waals surface area contributed by atoms with Crippen molar-refractivity contribution in [3.63, 3.8) is 0 Å². The van der Waals surface area contributed by atoms with E-state index in [0.29, 0.717) is 17.9 Å². The summed E-state index contributed by atoms with van der Waals surface area (Å²) in [6.07, 6.45) is 3.40. The van der Waals surface area contributed by atoms with Crippen LogP contribution in [0.15, 0.2) is 0 Å². The van der Waals surface area contributed by atoms with Crippen LogP contribution in [0.5, 0.6) is 0 Å². The van der Waals surface area contributed by atoms with Crippen molar-refractivity contribution in [2.45, 2.75) is 43.5 Å². The van der Waals surface area contributed by atoms with Crippen LogP contribution in [0.4, 0.5) is 0 Å². The van der Waals surface area contributed by atoms with Gasteiger partial charge in [-0.15, -0.1) is 0 Å². The molecule has 0 aromatic carbocycles. The third-order valence-electron chi connectivity index (χ3n) is 3.32. The molecule has 17 heavy (non-hydrogen) atoms. The molecule has 5 heteroatoms. The lowest BCUT2D eigenvalue weighted by molar-refractivity contribution is -0.134. The van der Waals surface area contributed by atoms with Gasteiger partial charge in [0, 0.05) is 25.4 Å². The van der Waals surface area contributed by atoms with Crippen molar-refractivity contribution < 1.29 is 9.53 Å². The minimum Gasteiger partial charge on any atom is -0.383 e. The molecule has 1 fully saturated rings. The Morgan fingerprint density at radius 1 is 1.59 bits per heavy atom. The maximum atomic E-state index is 12.0. The number of nitrogens with two attached hydrogens (primary N) is 1. The molecule has 0 bridgehead atoms. The Morgan fingerprint density at radius 3 is 2.88 bits per heavy atom. The molecule has 1 rings (SSSR count). The molecule has 1 aliphatic rings. The Morgan fingerprint density at radius 2 is 2.29 bits per heavy atom. The van der Waals surface area contributed by atoms with Gasteiger partial charge in [0.15, 0.2) is 0 Å². The number of carbonyl (C=O) groups excluding carboxylic acids is 1. The Balaban J connectivity index is 2.42. The van der Waals surface area contributed by atoms with Gasteiger partial charge in [0.2, 0.25) is 5.91 Å². The summed E-state index contributed by atoms with van der Waals surface area (Å²) in [6.45, 7) is 2.48. The first kappa shape index (κ1) is 14.8. The summed E-state index contributed by atoms with van der Waals surface area (Å²) in [4.78, 5) is 13.8. The Labute approximate surface area is 108 Å². The van der Waals surface area contributed by atoms with Gasteiger partial charge in [-0.2, -0.15) is 11.8 Å². The van der Waals surface area contributed by atoms with Crippen molar-refractivity contribution in [1.82, 2.24) is 4.90 Å². The average molecular weight is 260 g/mol. The van der Waals surface area contributed by atoms with E-state index < -0.39 is 6.04 Å². The first-order chi connectivity index (χ1) is 8.10. The number of likely N-dealkylation sites (N-methyl/N-ethyl adjacent to an activating group) is 1. The molecule has 1 amide bonds. The summed E-state index contributed by atoms with van der Waals surface area (Å²) >= 11 is 2.00. The van der Waals surface area contributed by atoms with Gasteiger partial charge in [0.05, 0.1) is 6.61 Å². The predicted octanol–water partition coefficient (Wildman–Crippen LogP) is 1.09. The topological polar surface area (TPSA) is 55.6 Å². The number of hydrogen-bond donors (Lipinski definition) is 1. The van der Waals surface area contributed by atoms with Gasteiger partial charge in [-0.3, -0.25) is 4.79 Å². The molecule has 0 aromatic heterocycles. The standard InChI is InChI=1S/C12H24N2O2S/c1-4-17-10-6-5-9(7-10)14(2)12(15)11(13)8-16-3/h9-11H,4-8,13H2,1-3H3. The molecular weight excluding hydrogens is 236 g/mol. The van der Waals surface area contributed by atoms with Crippen molar-refractivity contribution in [2.75, 3.05) is 26.5 Å². The predicted molar refractivity (Wildman–Crippen MR) is 72.2 cm³/mol. The number of rotatable bonds is 6. The fraction of sp³-hybridized carbons (Fsp3) is 0.917. The van der Waals surface area contributed by atoms with Gasteiger partial charge >= 0.3 is 0 Å². The number of ether oxygens (including phenoxy) is 1. The van der Waals surface area contributed by atoms with Crippen molar-refractivity contribution in [3.05, 3.63) is 0 Å². The minimum atomic E-state index is -0.525. The van der Waals surface area contributed by atoms with E-state index in [9.17, 15) is 4.79 Å². The lowest BCUT2D eigenvalue weighted by Gasteiger charge is -2.27. The molecule has 1 aliphatic carbocycles. The average Bonchev–Trinajstić information content (AvgIpc) is 2.76. The number of hydrogen-bond acceptors (Lipinski definition) is 4. The maximum Gasteiger partial charge on any atom is 0.241 e. The van der Waals surface area contributed by atoms with Crippen LogP contribution >= 0.6 is 11.8 Å². The second kappa shape index (κ2) is 7.24. The number of amides is 1. The normalized spacial score (nSPS) is 25.9. The molecule has 0 radical (unpaired) electrons. The summed E-state index contributed by atoms with van der Waals surface area (Å²) in [7, 11) is 3.43. The van der Waals surface area contributed by atoms with Crippen molar-refractivity contribution in [3.8, 4) is 0 Å². The molecule has 2 N–H and O–H groups in total. The van der Waals surface area contributed by atoms with Crippen LogP contribution in [0.2, 0.25) is 0 Å². The summed E-state index contributed by atoms with van der Waals surface area (Å²) in [6, 6.07) is -0.169. The minimum absolute atomic E-state index is 0.000927. The highest BCUT2D eigenvalue weighted by Gasteiger charge is 2.31. The summed E-state index contributed by atoms with van der Waals surface area (Å²) in [5.74, 6) is 1.15. The Bertz CT molecular complexity index is 251. The molecule has 0 aliphatic heterocycles. The molecule has 4 nitrogen and oxygen atoms in total. The van der Waals surface area contributed by atoms with Crippen molar-refractivity contribution >= 4 is 17.7 Å². The molecule has 0 saturated heterocycles. The van der Waals surface area contributed by atoms with Gasteiger partial charge < -0.3 is 15.4 Å². The van der Waals surface area contributed by atoms with Crippen LogP contribution in [-0.4, -0.2) is 54.7 Å². The lowest BCUT2D eigenvalue weighted by Crippen LogP contribution is -2.47. The van der Waals surface area contributed by atoms with Gasteiger partial charge in [-0.05, 0) is 25.0 Å². The highest BCUT2D eigenvalue weighted by atomic mass is 32.2. The van der Waals surface area contributed by atoms with E-state index in [4.69, 9.17) is 10.5 Å². The summed E-state index contributed by atoms with van der Waals surface area (Å²) in [5, 5.41) is 0.707. The highest BCUT2D eigenvalue weighted by molar-refractivity contribution is 7.99. The van der Waals surface area contributed by atoms with Gasteiger partial charge in [-0.25, -0.2) is 0 Å². The van der Waals surface area contributed by atoms with Crippen LogP contribution in [-0.2, 0) is 9.53 Å². The Hall–Kier alpha value is -0.260. The number of thioether (sulfide) groups is 1. The van der Waals surface area contributed by atoms with Gasteiger partial charge in [0.25, 0.3) is 0 Å². The first-order valence-corrected chi connectivity index (χ1v) is 7.27. The zero-order valence-electron chi connectivity index (χ0n) is 11.0. The van der Waals surface area contributed by atoms with Crippen LogP contribution < -0.4 is 5.73 Å². The Kier molecular flexibility index (Phi) is 6.30. The van der Waals surface area contributed by atoms with E-state index in [0.717, 1.165) is 18.6 Å². The van der Waals surface area contributed by atoms with Gasteiger partial charge in [0.1, 0.15) is 6.04 Å². The first-order valence-electron chi connectivity index (χ1n) is 6.22. The fourth-order valence-electron chi connectivity index (χ4n) is 2.35. The lowest BCUT2D eigenvalue weighted by atomic mass is 10.2. The zero-order valence-corrected chi connectivity index (χ0v) is 11.8. The molecule has 0 heterocycles. The highest BCUT2D eigenvalue weighted by Crippen LogP contribution is 2.32. The summed E-state index contributed by atoms with van der Waals surface area (Å²) in [5.41, 5.74) is 5.77. The number of nitrogens with zero attached hydrogens (tertiary/aromatic N) is 1. The molecule has 1 saturated carbocycles. The van der Waals surface area contributed by atoms with Crippen LogP contribution in [0.25, 0.3) is 0 Å².